The largest absolute Gasteiger partial charge is 0.507 e. The van der Waals surface area contributed by atoms with Crippen LogP contribution in [0.2, 0.25) is 0 Å². The molecule has 0 saturated carbocycles. The van der Waals surface area contributed by atoms with Crippen molar-refractivity contribution in [3.05, 3.63) is 121 Å². The zero-order chi connectivity index (χ0) is 24.8. The van der Waals surface area contributed by atoms with Crippen molar-refractivity contribution < 1.29 is 5.11 Å². The summed E-state index contributed by atoms with van der Waals surface area (Å²) in [4.78, 5) is 14.9. The molecule has 6 aromatic carbocycles. The van der Waals surface area contributed by atoms with Gasteiger partial charge in [0.05, 0.1) is 5.56 Å². The Balaban J connectivity index is 1.58. The van der Waals surface area contributed by atoms with Gasteiger partial charge in [0.1, 0.15) is 5.75 Å². The number of fused-ring (bicyclic) bond motifs is 3. The van der Waals surface area contributed by atoms with Gasteiger partial charge in [-0.05, 0) is 38.4 Å². The molecule has 7 rings (SSSR count). The van der Waals surface area contributed by atoms with Crippen LogP contribution in [0.1, 0.15) is 0 Å². The number of rotatable bonds is 3. The summed E-state index contributed by atoms with van der Waals surface area (Å²) >= 11 is 0. The van der Waals surface area contributed by atoms with E-state index < -0.39 is 0 Å². The van der Waals surface area contributed by atoms with Gasteiger partial charge in [0.25, 0.3) is 0 Å². The topological polar surface area (TPSA) is 58.9 Å². The molecule has 0 bridgehead atoms. The van der Waals surface area contributed by atoms with Crippen LogP contribution < -0.4 is 0 Å². The normalized spacial score (nSPS) is 11.4. The molecule has 0 aliphatic heterocycles. The van der Waals surface area contributed by atoms with E-state index in [-0.39, 0.29) is 5.75 Å². The molecule has 0 fully saturated rings. The van der Waals surface area contributed by atoms with Crippen molar-refractivity contribution in [1.29, 1.82) is 0 Å². The Morgan fingerprint density at radius 1 is 0.378 bits per heavy atom. The minimum Gasteiger partial charge on any atom is -0.507 e. The molecule has 1 heterocycles. The van der Waals surface area contributed by atoms with E-state index in [1.54, 1.807) is 6.07 Å². The number of hydrogen-bond donors (Lipinski definition) is 1. The van der Waals surface area contributed by atoms with Crippen molar-refractivity contribution in [2.75, 3.05) is 0 Å². The molecular formula is C33H21N3O. The Bertz CT molecular complexity index is 1850. The molecule has 0 amide bonds. The van der Waals surface area contributed by atoms with Crippen molar-refractivity contribution in [3.8, 4) is 39.9 Å². The Morgan fingerprint density at radius 3 is 1.38 bits per heavy atom. The van der Waals surface area contributed by atoms with Gasteiger partial charge >= 0.3 is 0 Å². The second-order valence-corrected chi connectivity index (χ2v) is 9.04. The highest BCUT2D eigenvalue weighted by Gasteiger charge is 2.19. The first-order valence-corrected chi connectivity index (χ1v) is 12.2. The monoisotopic (exact) mass is 475 g/mol. The Labute approximate surface area is 213 Å². The molecule has 1 N–H and O–H groups in total. The number of phenols is 1. The van der Waals surface area contributed by atoms with Crippen molar-refractivity contribution in [2.24, 2.45) is 0 Å². The first kappa shape index (κ1) is 21.2. The van der Waals surface area contributed by atoms with Gasteiger partial charge in [-0.2, -0.15) is 0 Å². The number of aromatic nitrogens is 3. The van der Waals surface area contributed by atoms with Crippen LogP contribution in [-0.2, 0) is 0 Å². The molecule has 0 atom stereocenters. The van der Waals surface area contributed by atoms with E-state index in [9.17, 15) is 5.11 Å². The lowest BCUT2D eigenvalue weighted by atomic mass is 10.0. The number of phenolic OH excluding ortho intramolecular Hbond substituents is 1. The zero-order valence-corrected chi connectivity index (χ0v) is 19.8. The van der Waals surface area contributed by atoms with E-state index in [2.05, 4.69) is 36.4 Å². The zero-order valence-electron chi connectivity index (χ0n) is 19.8. The average molecular weight is 476 g/mol. The van der Waals surface area contributed by atoms with Crippen LogP contribution in [0.3, 0.4) is 0 Å². The molecule has 0 spiro atoms. The SMILES string of the molecule is Oc1ccc2ccccc2c1-c1nc(-c2cccc3ccccc23)nc(-c2cccc3ccccc23)n1. The van der Waals surface area contributed by atoms with Crippen molar-refractivity contribution in [2.45, 2.75) is 0 Å². The second-order valence-electron chi connectivity index (χ2n) is 9.04. The molecule has 0 saturated heterocycles. The minimum absolute atomic E-state index is 0.137. The number of nitrogens with zero attached hydrogens (tertiary/aromatic N) is 3. The van der Waals surface area contributed by atoms with E-state index in [1.165, 1.54) is 0 Å². The summed E-state index contributed by atoms with van der Waals surface area (Å²) in [6, 6.07) is 40.3. The van der Waals surface area contributed by atoms with Crippen molar-refractivity contribution in [3.63, 3.8) is 0 Å². The summed E-state index contributed by atoms with van der Waals surface area (Å²) in [6.07, 6.45) is 0. The molecule has 4 nitrogen and oxygen atoms in total. The summed E-state index contributed by atoms with van der Waals surface area (Å²) in [7, 11) is 0. The highest BCUT2D eigenvalue weighted by molar-refractivity contribution is 6.00. The van der Waals surface area contributed by atoms with Gasteiger partial charge in [-0.25, -0.2) is 15.0 Å². The number of hydrogen-bond acceptors (Lipinski definition) is 4. The van der Waals surface area contributed by atoms with Crippen LogP contribution in [0.15, 0.2) is 121 Å². The van der Waals surface area contributed by atoms with Gasteiger partial charge in [-0.15, -0.1) is 0 Å². The third-order valence-corrected chi connectivity index (χ3v) is 6.83. The number of aromatic hydroxyl groups is 1. The molecule has 1 aromatic heterocycles. The quantitative estimate of drug-likeness (QED) is 0.281. The summed E-state index contributed by atoms with van der Waals surface area (Å²) < 4.78 is 0. The van der Waals surface area contributed by atoms with Gasteiger partial charge in [-0.1, -0.05) is 115 Å². The van der Waals surface area contributed by atoms with Gasteiger partial charge in [0.15, 0.2) is 17.5 Å². The third kappa shape index (κ3) is 3.58. The molecule has 7 aromatic rings. The summed E-state index contributed by atoms with van der Waals surface area (Å²) in [5, 5.41) is 17.3. The lowest BCUT2D eigenvalue weighted by Gasteiger charge is -2.13. The summed E-state index contributed by atoms with van der Waals surface area (Å²) in [6.45, 7) is 0. The fourth-order valence-electron chi connectivity index (χ4n) is 5.06. The highest BCUT2D eigenvalue weighted by Crippen LogP contribution is 2.37. The van der Waals surface area contributed by atoms with Crippen LogP contribution >= 0.6 is 0 Å². The fourth-order valence-corrected chi connectivity index (χ4v) is 5.06. The van der Waals surface area contributed by atoms with Crippen LogP contribution in [0, 0.1) is 0 Å². The molecule has 37 heavy (non-hydrogen) atoms. The molecule has 0 aliphatic rings. The van der Waals surface area contributed by atoms with Crippen LogP contribution in [0.25, 0.3) is 66.5 Å². The number of benzene rings is 6. The van der Waals surface area contributed by atoms with Crippen LogP contribution in [0.4, 0.5) is 0 Å². The molecule has 0 radical (unpaired) electrons. The third-order valence-electron chi connectivity index (χ3n) is 6.83. The second kappa shape index (κ2) is 8.54. The average Bonchev–Trinajstić information content (AvgIpc) is 2.96. The predicted molar refractivity (Wildman–Crippen MR) is 150 cm³/mol. The lowest BCUT2D eigenvalue weighted by molar-refractivity contribution is 0.477. The van der Waals surface area contributed by atoms with Gasteiger partial charge < -0.3 is 5.11 Å². The van der Waals surface area contributed by atoms with E-state index in [0.29, 0.717) is 23.0 Å². The fraction of sp³-hybridized carbons (Fsp3) is 0. The van der Waals surface area contributed by atoms with Crippen molar-refractivity contribution >= 4 is 32.3 Å². The smallest absolute Gasteiger partial charge is 0.168 e. The van der Waals surface area contributed by atoms with E-state index in [1.807, 2.05) is 78.9 Å². The minimum atomic E-state index is 0.137. The Kier molecular flexibility index (Phi) is 4.90. The maximum atomic E-state index is 11.0. The molecule has 4 heteroatoms. The molecule has 0 aliphatic carbocycles. The summed E-state index contributed by atoms with van der Waals surface area (Å²) in [5.74, 6) is 1.71. The molecule has 174 valence electrons. The van der Waals surface area contributed by atoms with E-state index >= 15 is 0 Å². The Hall–Kier alpha value is -5.09. The van der Waals surface area contributed by atoms with Crippen molar-refractivity contribution in [1.82, 2.24) is 15.0 Å². The summed E-state index contributed by atoms with van der Waals surface area (Å²) in [5.41, 5.74) is 2.44. The lowest BCUT2D eigenvalue weighted by Crippen LogP contribution is -2.01. The standard InChI is InChI=1S/C33H21N3O/c37-29-20-19-23-11-3-6-16-26(23)30(29)33-35-31(27-17-7-12-21-9-1-4-14-24(21)27)34-32(36-33)28-18-8-13-22-10-2-5-15-25(22)28/h1-20,37H. The predicted octanol–water partition coefficient (Wildman–Crippen LogP) is 8.04. The highest BCUT2D eigenvalue weighted by atomic mass is 16.3. The van der Waals surface area contributed by atoms with Crippen LogP contribution in [-0.4, -0.2) is 20.1 Å². The van der Waals surface area contributed by atoms with E-state index in [0.717, 1.165) is 43.4 Å². The maximum absolute atomic E-state index is 11.0. The first-order valence-electron chi connectivity index (χ1n) is 12.2. The van der Waals surface area contributed by atoms with E-state index in [4.69, 9.17) is 15.0 Å². The first-order chi connectivity index (χ1) is 18.3. The van der Waals surface area contributed by atoms with Gasteiger partial charge in [0, 0.05) is 11.1 Å². The van der Waals surface area contributed by atoms with Gasteiger partial charge in [-0.3, -0.25) is 0 Å². The Morgan fingerprint density at radius 2 is 0.811 bits per heavy atom. The molecular weight excluding hydrogens is 454 g/mol. The molecule has 0 unspecified atom stereocenters. The maximum Gasteiger partial charge on any atom is 0.168 e. The van der Waals surface area contributed by atoms with Gasteiger partial charge in [0.2, 0.25) is 0 Å². The van der Waals surface area contributed by atoms with Crippen LogP contribution in [0.5, 0.6) is 5.75 Å².